The molecule has 7 heteroatoms. The van der Waals surface area contributed by atoms with Gasteiger partial charge in [0.05, 0.1) is 18.1 Å². The SMILES string of the molecule is O=C(N[C@@H]1CCO[C@]2(CCOC2)C1)[C@H]1CC(=O)N(c2ccc(Cl)cc2)C1. The Kier molecular flexibility index (Phi) is 4.90. The summed E-state index contributed by atoms with van der Waals surface area (Å²) < 4.78 is 11.4. The lowest BCUT2D eigenvalue weighted by molar-refractivity contribution is -0.130. The molecule has 0 unspecified atom stereocenters. The molecule has 3 fully saturated rings. The quantitative estimate of drug-likeness (QED) is 0.875. The molecule has 2 amide bonds. The van der Waals surface area contributed by atoms with E-state index in [0.29, 0.717) is 31.4 Å². The fraction of sp³-hybridized carbons (Fsp3) is 0.579. The smallest absolute Gasteiger partial charge is 0.227 e. The van der Waals surface area contributed by atoms with Crippen molar-refractivity contribution >= 4 is 29.1 Å². The van der Waals surface area contributed by atoms with Crippen LogP contribution in [0.25, 0.3) is 0 Å². The standard InChI is InChI=1S/C19H23ClN2O4/c20-14-1-3-16(4-2-14)22-11-13(9-17(22)23)18(24)21-15-5-7-26-19(10-15)6-8-25-12-19/h1-4,13,15H,5-12H2,(H,21,24)/t13-,15+,19+/m0/s1. The van der Waals surface area contributed by atoms with Crippen LogP contribution in [0.4, 0.5) is 5.69 Å². The minimum absolute atomic E-state index is 0.0277. The van der Waals surface area contributed by atoms with Gasteiger partial charge in [-0.3, -0.25) is 9.59 Å². The lowest BCUT2D eigenvalue weighted by Crippen LogP contribution is -2.50. The molecule has 0 aromatic heterocycles. The molecule has 26 heavy (non-hydrogen) atoms. The van der Waals surface area contributed by atoms with Crippen molar-refractivity contribution in [1.29, 1.82) is 0 Å². The molecular weight excluding hydrogens is 356 g/mol. The molecule has 1 spiro atoms. The number of nitrogens with one attached hydrogen (secondary N) is 1. The predicted molar refractivity (Wildman–Crippen MR) is 97.2 cm³/mol. The number of carbonyl (C=O) groups excluding carboxylic acids is 2. The van der Waals surface area contributed by atoms with Gasteiger partial charge >= 0.3 is 0 Å². The highest BCUT2D eigenvalue weighted by Gasteiger charge is 2.42. The number of benzene rings is 1. The molecule has 6 nitrogen and oxygen atoms in total. The van der Waals surface area contributed by atoms with Crippen LogP contribution in [0.2, 0.25) is 5.02 Å². The van der Waals surface area contributed by atoms with E-state index >= 15 is 0 Å². The number of nitrogens with zero attached hydrogens (tertiary/aromatic N) is 1. The van der Waals surface area contributed by atoms with Crippen LogP contribution in [0.15, 0.2) is 24.3 Å². The summed E-state index contributed by atoms with van der Waals surface area (Å²) in [7, 11) is 0. The monoisotopic (exact) mass is 378 g/mol. The zero-order valence-electron chi connectivity index (χ0n) is 14.6. The molecule has 3 atom stereocenters. The molecule has 3 heterocycles. The van der Waals surface area contributed by atoms with Crippen LogP contribution in [-0.4, -0.2) is 49.8 Å². The normalized spacial score (nSPS) is 31.6. The molecule has 3 aliphatic heterocycles. The van der Waals surface area contributed by atoms with Gasteiger partial charge in [0.2, 0.25) is 11.8 Å². The lowest BCUT2D eigenvalue weighted by atomic mass is 9.89. The van der Waals surface area contributed by atoms with Crippen molar-refractivity contribution in [2.75, 3.05) is 31.3 Å². The zero-order chi connectivity index (χ0) is 18.1. The predicted octanol–water partition coefficient (Wildman–Crippen LogP) is 2.15. The van der Waals surface area contributed by atoms with E-state index in [-0.39, 0.29) is 35.8 Å². The van der Waals surface area contributed by atoms with Gasteiger partial charge in [-0.15, -0.1) is 0 Å². The summed E-state index contributed by atoms with van der Waals surface area (Å²) in [4.78, 5) is 26.7. The number of amides is 2. The minimum atomic E-state index is -0.322. The second-order valence-electron chi connectivity index (χ2n) is 7.41. The number of rotatable bonds is 3. The molecule has 1 aromatic rings. The van der Waals surface area contributed by atoms with E-state index in [1.807, 2.05) is 12.1 Å². The Labute approximate surface area is 157 Å². The minimum Gasteiger partial charge on any atom is -0.378 e. The second-order valence-corrected chi connectivity index (χ2v) is 7.85. The van der Waals surface area contributed by atoms with Crippen LogP contribution in [0, 0.1) is 5.92 Å². The number of carbonyl (C=O) groups is 2. The summed E-state index contributed by atoms with van der Waals surface area (Å²) in [5.41, 5.74) is 0.541. The third kappa shape index (κ3) is 3.59. The van der Waals surface area contributed by atoms with Gasteiger partial charge in [0.25, 0.3) is 0 Å². The van der Waals surface area contributed by atoms with Crippen LogP contribution in [0.1, 0.15) is 25.7 Å². The van der Waals surface area contributed by atoms with Crippen LogP contribution in [-0.2, 0) is 19.1 Å². The van der Waals surface area contributed by atoms with Crippen molar-refractivity contribution in [3.8, 4) is 0 Å². The third-order valence-electron chi connectivity index (χ3n) is 5.54. The van der Waals surface area contributed by atoms with Crippen LogP contribution >= 0.6 is 11.6 Å². The Bertz CT molecular complexity index is 687. The maximum Gasteiger partial charge on any atom is 0.227 e. The summed E-state index contributed by atoms with van der Waals surface area (Å²) in [6.07, 6.45) is 2.70. The first-order valence-corrected chi connectivity index (χ1v) is 9.50. The summed E-state index contributed by atoms with van der Waals surface area (Å²) >= 11 is 5.91. The van der Waals surface area contributed by atoms with Crippen molar-refractivity contribution in [1.82, 2.24) is 5.32 Å². The summed E-state index contributed by atoms with van der Waals surface area (Å²) in [5.74, 6) is -0.396. The Balaban J connectivity index is 1.36. The Morgan fingerprint density at radius 3 is 2.81 bits per heavy atom. The van der Waals surface area contributed by atoms with Gasteiger partial charge in [-0.25, -0.2) is 0 Å². The van der Waals surface area contributed by atoms with Crippen molar-refractivity contribution in [3.05, 3.63) is 29.3 Å². The fourth-order valence-electron chi connectivity index (χ4n) is 4.09. The van der Waals surface area contributed by atoms with Gasteiger partial charge in [0, 0.05) is 49.4 Å². The van der Waals surface area contributed by atoms with Crippen LogP contribution in [0.3, 0.4) is 0 Å². The largest absolute Gasteiger partial charge is 0.378 e. The van der Waals surface area contributed by atoms with Crippen molar-refractivity contribution in [3.63, 3.8) is 0 Å². The molecular formula is C19H23ClN2O4. The molecule has 3 aliphatic rings. The first-order chi connectivity index (χ1) is 12.5. The molecule has 0 aliphatic carbocycles. The van der Waals surface area contributed by atoms with E-state index in [1.165, 1.54) is 0 Å². The van der Waals surface area contributed by atoms with E-state index in [9.17, 15) is 9.59 Å². The lowest BCUT2D eigenvalue weighted by Gasteiger charge is -2.37. The van der Waals surface area contributed by atoms with Gasteiger partial charge < -0.3 is 19.7 Å². The molecule has 0 bridgehead atoms. The van der Waals surface area contributed by atoms with E-state index in [2.05, 4.69) is 5.32 Å². The topological polar surface area (TPSA) is 67.9 Å². The second kappa shape index (κ2) is 7.18. The molecule has 4 rings (SSSR count). The summed E-state index contributed by atoms with van der Waals surface area (Å²) in [5, 5.41) is 3.76. The van der Waals surface area contributed by atoms with E-state index in [1.54, 1.807) is 17.0 Å². The summed E-state index contributed by atoms with van der Waals surface area (Å²) in [6, 6.07) is 7.20. The first kappa shape index (κ1) is 17.8. The highest BCUT2D eigenvalue weighted by Crippen LogP contribution is 2.33. The highest BCUT2D eigenvalue weighted by molar-refractivity contribution is 6.30. The van der Waals surface area contributed by atoms with Gasteiger partial charge in [0.15, 0.2) is 0 Å². The molecule has 3 saturated heterocycles. The number of ether oxygens (including phenoxy) is 2. The molecule has 1 N–H and O–H groups in total. The van der Waals surface area contributed by atoms with Gasteiger partial charge in [0.1, 0.15) is 0 Å². The maximum atomic E-state index is 12.7. The number of hydrogen-bond acceptors (Lipinski definition) is 4. The van der Waals surface area contributed by atoms with E-state index in [0.717, 1.165) is 24.9 Å². The van der Waals surface area contributed by atoms with Gasteiger partial charge in [-0.1, -0.05) is 11.6 Å². The van der Waals surface area contributed by atoms with E-state index in [4.69, 9.17) is 21.1 Å². The third-order valence-corrected chi connectivity index (χ3v) is 5.79. The summed E-state index contributed by atoms with van der Waals surface area (Å²) in [6.45, 7) is 2.36. The molecule has 1 aromatic carbocycles. The van der Waals surface area contributed by atoms with E-state index < -0.39 is 0 Å². The van der Waals surface area contributed by atoms with Crippen molar-refractivity contribution in [2.45, 2.75) is 37.3 Å². The number of anilines is 1. The first-order valence-electron chi connectivity index (χ1n) is 9.13. The Morgan fingerprint density at radius 2 is 2.08 bits per heavy atom. The highest BCUT2D eigenvalue weighted by atomic mass is 35.5. The Hall–Kier alpha value is -1.63. The van der Waals surface area contributed by atoms with Gasteiger partial charge in [-0.2, -0.15) is 0 Å². The fourth-order valence-corrected chi connectivity index (χ4v) is 4.21. The average molecular weight is 379 g/mol. The maximum absolute atomic E-state index is 12.7. The van der Waals surface area contributed by atoms with Crippen molar-refractivity contribution in [2.24, 2.45) is 5.92 Å². The average Bonchev–Trinajstić information content (AvgIpc) is 3.23. The number of halogens is 1. The zero-order valence-corrected chi connectivity index (χ0v) is 15.3. The van der Waals surface area contributed by atoms with Crippen LogP contribution < -0.4 is 10.2 Å². The molecule has 0 radical (unpaired) electrons. The molecule has 140 valence electrons. The van der Waals surface area contributed by atoms with Crippen LogP contribution in [0.5, 0.6) is 0 Å². The Morgan fingerprint density at radius 1 is 1.27 bits per heavy atom. The molecule has 0 saturated carbocycles. The van der Waals surface area contributed by atoms with Crippen molar-refractivity contribution < 1.29 is 19.1 Å². The van der Waals surface area contributed by atoms with Gasteiger partial charge in [-0.05, 0) is 37.1 Å². The number of hydrogen-bond donors (Lipinski definition) is 1.